The number of anilines is 1. The van der Waals surface area contributed by atoms with Crippen molar-refractivity contribution in [2.75, 3.05) is 19.5 Å². The fraction of sp³-hybridized carbons (Fsp3) is 0.375. The minimum Gasteiger partial charge on any atom is -0.494 e. The Morgan fingerprint density at radius 1 is 1.26 bits per heavy atom. The van der Waals surface area contributed by atoms with E-state index in [-0.39, 0.29) is 17.3 Å². The molecule has 7 heteroatoms. The number of carbonyl (C=O) groups is 1. The van der Waals surface area contributed by atoms with Gasteiger partial charge in [-0.05, 0) is 20.8 Å². The Kier molecular flexibility index (Phi) is 4.88. The van der Waals surface area contributed by atoms with Gasteiger partial charge in [-0.15, -0.1) is 0 Å². The molecule has 0 saturated carbocycles. The number of carbonyl (C=O) groups excluding carboxylic acids is 1. The van der Waals surface area contributed by atoms with E-state index in [0.29, 0.717) is 5.75 Å². The molecule has 0 aliphatic carbocycles. The van der Waals surface area contributed by atoms with Gasteiger partial charge in [0.25, 0.3) is 0 Å². The van der Waals surface area contributed by atoms with Gasteiger partial charge in [-0.3, -0.25) is 9.89 Å². The van der Waals surface area contributed by atoms with Crippen molar-refractivity contribution >= 4 is 11.6 Å². The fourth-order valence-corrected chi connectivity index (χ4v) is 2.53. The predicted molar refractivity (Wildman–Crippen MR) is 84.6 cm³/mol. The highest BCUT2D eigenvalue weighted by atomic mass is 19.1. The van der Waals surface area contributed by atoms with Crippen molar-refractivity contribution in [3.8, 4) is 11.5 Å². The number of aromatic nitrogens is 2. The fourth-order valence-electron chi connectivity index (χ4n) is 2.53. The summed E-state index contributed by atoms with van der Waals surface area (Å²) < 4.78 is 24.0. The predicted octanol–water partition coefficient (Wildman–Crippen LogP) is 2.93. The first-order valence-electron chi connectivity index (χ1n) is 7.12. The van der Waals surface area contributed by atoms with Crippen molar-refractivity contribution in [3.63, 3.8) is 0 Å². The van der Waals surface area contributed by atoms with Gasteiger partial charge in [0.1, 0.15) is 5.75 Å². The Bertz CT molecular complexity index is 708. The average molecular weight is 321 g/mol. The summed E-state index contributed by atoms with van der Waals surface area (Å²) in [6.45, 7) is 5.45. The number of hydrogen-bond donors (Lipinski definition) is 2. The Labute approximate surface area is 134 Å². The molecule has 1 heterocycles. The van der Waals surface area contributed by atoms with Crippen LogP contribution >= 0.6 is 0 Å². The molecule has 2 rings (SSSR count). The number of aromatic amines is 1. The van der Waals surface area contributed by atoms with Crippen LogP contribution in [0.1, 0.15) is 29.8 Å². The van der Waals surface area contributed by atoms with Gasteiger partial charge in [-0.2, -0.15) is 5.10 Å². The zero-order valence-electron chi connectivity index (χ0n) is 13.8. The molecule has 1 aromatic carbocycles. The van der Waals surface area contributed by atoms with E-state index in [4.69, 9.17) is 9.47 Å². The Morgan fingerprint density at radius 2 is 1.91 bits per heavy atom. The molecule has 0 radical (unpaired) electrons. The number of methoxy groups -OCH3 is 2. The van der Waals surface area contributed by atoms with Crippen molar-refractivity contribution in [1.82, 2.24) is 10.2 Å². The molecule has 2 N–H and O–H groups in total. The molecule has 0 aliphatic rings. The van der Waals surface area contributed by atoms with Gasteiger partial charge < -0.3 is 14.8 Å². The van der Waals surface area contributed by atoms with Gasteiger partial charge in [0, 0.05) is 23.4 Å². The van der Waals surface area contributed by atoms with E-state index in [9.17, 15) is 9.18 Å². The molecular formula is C16H20FN3O3. The number of rotatable bonds is 5. The molecule has 124 valence electrons. The van der Waals surface area contributed by atoms with Gasteiger partial charge >= 0.3 is 0 Å². The number of nitrogens with one attached hydrogen (secondary N) is 2. The molecule has 0 bridgehead atoms. The van der Waals surface area contributed by atoms with Gasteiger partial charge in [0.15, 0.2) is 11.6 Å². The average Bonchev–Trinajstić information content (AvgIpc) is 2.85. The molecule has 1 atom stereocenters. The van der Waals surface area contributed by atoms with Gasteiger partial charge in [0.05, 0.1) is 31.5 Å². The molecule has 0 fully saturated rings. The summed E-state index contributed by atoms with van der Waals surface area (Å²) in [6.07, 6.45) is 0. The van der Waals surface area contributed by atoms with E-state index in [1.807, 2.05) is 13.8 Å². The first-order valence-corrected chi connectivity index (χ1v) is 7.12. The summed E-state index contributed by atoms with van der Waals surface area (Å²) in [4.78, 5) is 12.5. The van der Waals surface area contributed by atoms with Crippen LogP contribution in [0, 0.1) is 19.7 Å². The third-order valence-electron chi connectivity index (χ3n) is 3.74. The molecule has 1 aromatic heterocycles. The number of aryl methyl sites for hydroxylation is 2. The summed E-state index contributed by atoms with van der Waals surface area (Å²) in [7, 11) is 2.80. The maximum absolute atomic E-state index is 13.9. The van der Waals surface area contributed by atoms with Crippen molar-refractivity contribution in [1.29, 1.82) is 0 Å². The van der Waals surface area contributed by atoms with Crippen LogP contribution in [0.3, 0.4) is 0 Å². The molecule has 0 unspecified atom stereocenters. The van der Waals surface area contributed by atoms with Crippen LogP contribution in [0.2, 0.25) is 0 Å². The second-order valence-corrected chi connectivity index (χ2v) is 5.25. The first-order chi connectivity index (χ1) is 10.9. The van der Waals surface area contributed by atoms with E-state index in [2.05, 4.69) is 15.5 Å². The molecular weight excluding hydrogens is 301 g/mol. The second kappa shape index (κ2) is 6.68. The Hall–Kier alpha value is -2.57. The first kappa shape index (κ1) is 16.8. The topological polar surface area (TPSA) is 76.2 Å². The molecule has 0 saturated heterocycles. The number of H-pyrrole nitrogens is 1. The highest BCUT2D eigenvalue weighted by molar-refractivity contribution is 5.97. The third-order valence-corrected chi connectivity index (χ3v) is 3.74. The largest absolute Gasteiger partial charge is 0.494 e. The van der Waals surface area contributed by atoms with Crippen LogP contribution in [-0.2, 0) is 4.79 Å². The highest BCUT2D eigenvalue weighted by Crippen LogP contribution is 2.33. The lowest BCUT2D eigenvalue weighted by atomic mass is 9.98. The quantitative estimate of drug-likeness (QED) is 0.888. The number of amides is 1. The minimum absolute atomic E-state index is 0.0504. The molecule has 23 heavy (non-hydrogen) atoms. The van der Waals surface area contributed by atoms with Gasteiger partial charge in [0.2, 0.25) is 5.91 Å². The van der Waals surface area contributed by atoms with Crippen molar-refractivity contribution in [3.05, 3.63) is 34.9 Å². The second-order valence-electron chi connectivity index (χ2n) is 5.25. The third kappa shape index (κ3) is 3.28. The standard InChI is InChI=1S/C16H20FN3O3/c1-8(15-9(2)19-20-10(15)3)16(21)18-12-6-11(17)13(22-4)7-14(12)23-5/h6-8H,1-5H3,(H,18,21)(H,19,20)/t8-/m1/s1. The number of hydrogen-bond acceptors (Lipinski definition) is 4. The van der Waals surface area contributed by atoms with Crippen LogP contribution in [0.15, 0.2) is 12.1 Å². The Balaban J connectivity index is 2.28. The molecule has 2 aromatic rings. The molecule has 0 aliphatic heterocycles. The number of nitrogens with zero attached hydrogens (tertiary/aromatic N) is 1. The molecule has 0 spiro atoms. The summed E-state index contributed by atoms with van der Waals surface area (Å²) in [5, 5.41) is 9.64. The van der Waals surface area contributed by atoms with E-state index in [0.717, 1.165) is 17.0 Å². The Morgan fingerprint density at radius 3 is 2.43 bits per heavy atom. The summed E-state index contributed by atoms with van der Waals surface area (Å²) >= 11 is 0. The zero-order valence-corrected chi connectivity index (χ0v) is 13.8. The SMILES string of the molecule is COc1cc(OC)c(NC(=O)[C@H](C)c2c(C)n[nH]c2C)cc1F. The van der Waals surface area contributed by atoms with Crippen LogP contribution in [0.4, 0.5) is 10.1 Å². The molecule has 1 amide bonds. The number of ether oxygens (including phenoxy) is 2. The van der Waals surface area contributed by atoms with E-state index < -0.39 is 11.7 Å². The number of halogens is 1. The monoisotopic (exact) mass is 321 g/mol. The normalized spacial score (nSPS) is 11.9. The zero-order chi connectivity index (χ0) is 17.1. The van der Waals surface area contributed by atoms with Gasteiger partial charge in [-0.1, -0.05) is 0 Å². The highest BCUT2D eigenvalue weighted by Gasteiger charge is 2.23. The lowest BCUT2D eigenvalue weighted by molar-refractivity contribution is -0.117. The smallest absolute Gasteiger partial charge is 0.231 e. The van der Waals surface area contributed by atoms with Crippen molar-refractivity contribution < 1.29 is 18.7 Å². The lowest BCUT2D eigenvalue weighted by Crippen LogP contribution is -2.20. The summed E-state index contributed by atoms with van der Waals surface area (Å²) in [6, 6.07) is 2.57. The summed E-state index contributed by atoms with van der Waals surface area (Å²) in [5.74, 6) is -0.921. The summed E-state index contributed by atoms with van der Waals surface area (Å²) in [5.41, 5.74) is 2.67. The molecule has 6 nitrogen and oxygen atoms in total. The van der Waals surface area contributed by atoms with Crippen LogP contribution < -0.4 is 14.8 Å². The van der Waals surface area contributed by atoms with E-state index in [1.54, 1.807) is 6.92 Å². The van der Waals surface area contributed by atoms with Crippen LogP contribution in [0.25, 0.3) is 0 Å². The van der Waals surface area contributed by atoms with Crippen LogP contribution in [-0.4, -0.2) is 30.3 Å². The van der Waals surface area contributed by atoms with E-state index in [1.165, 1.54) is 26.4 Å². The lowest BCUT2D eigenvalue weighted by Gasteiger charge is -2.16. The van der Waals surface area contributed by atoms with Crippen LogP contribution in [0.5, 0.6) is 11.5 Å². The van der Waals surface area contributed by atoms with Gasteiger partial charge in [-0.25, -0.2) is 4.39 Å². The minimum atomic E-state index is -0.577. The number of benzene rings is 1. The van der Waals surface area contributed by atoms with Crippen molar-refractivity contribution in [2.45, 2.75) is 26.7 Å². The maximum Gasteiger partial charge on any atom is 0.231 e. The van der Waals surface area contributed by atoms with E-state index >= 15 is 0 Å². The van der Waals surface area contributed by atoms with Crippen molar-refractivity contribution in [2.24, 2.45) is 0 Å². The maximum atomic E-state index is 13.9.